The highest BCUT2D eigenvalue weighted by Crippen LogP contribution is 2.62. The smallest absolute Gasteiger partial charge is 0.237 e. The zero-order valence-electron chi connectivity index (χ0n) is 12.8. The summed E-state index contributed by atoms with van der Waals surface area (Å²) in [6, 6.07) is -0.436. The Hall–Kier alpha value is -0.610. The van der Waals surface area contributed by atoms with Crippen molar-refractivity contribution in [2.24, 2.45) is 28.9 Å². The highest BCUT2D eigenvalue weighted by molar-refractivity contribution is 5.82. The third-order valence-corrected chi connectivity index (χ3v) is 6.57. The van der Waals surface area contributed by atoms with Crippen LogP contribution in [0.1, 0.15) is 57.8 Å². The Morgan fingerprint density at radius 1 is 1.24 bits per heavy atom. The summed E-state index contributed by atoms with van der Waals surface area (Å²) in [7, 11) is 0. The largest absolute Gasteiger partial charge is 0.390 e. The van der Waals surface area contributed by atoms with Gasteiger partial charge in [-0.2, -0.15) is 0 Å². The second-order valence-electron chi connectivity index (χ2n) is 8.55. The molecule has 4 N–H and O–H groups in total. The maximum Gasteiger partial charge on any atom is 0.237 e. The molecule has 0 saturated heterocycles. The Kier molecular flexibility index (Phi) is 3.13. The first-order chi connectivity index (χ1) is 9.98. The summed E-state index contributed by atoms with van der Waals surface area (Å²) >= 11 is 0. The number of carbonyl (C=O) groups excluding carboxylic acids is 1. The lowest BCUT2D eigenvalue weighted by Gasteiger charge is -2.61. The summed E-state index contributed by atoms with van der Waals surface area (Å²) in [6.07, 6.45) is 9.67. The van der Waals surface area contributed by atoms with E-state index in [1.165, 1.54) is 19.3 Å². The lowest BCUT2D eigenvalue weighted by atomic mass is 9.46. The van der Waals surface area contributed by atoms with E-state index in [-0.39, 0.29) is 11.3 Å². The molecule has 0 aromatic heterocycles. The van der Waals surface area contributed by atoms with Crippen molar-refractivity contribution in [2.75, 3.05) is 6.54 Å². The maximum atomic E-state index is 12.4. The molecule has 0 radical (unpaired) electrons. The maximum absolute atomic E-state index is 12.4. The van der Waals surface area contributed by atoms with Crippen molar-refractivity contribution >= 4 is 5.91 Å². The molecule has 4 nitrogen and oxygen atoms in total. The van der Waals surface area contributed by atoms with Crippen molar-refractivity contribution in [1.82, 2.24) is 5.32 Å². The molecule has 5 fully saturated rings. The van der Waals surface area contributed by atoms with Crippen molar-refractivity contribution < 1.29 is 9.90 Å². The van der Waals surface area contributed by atoms with Gasteiger partial charge in [-0.15, -0.1) is 0 Å². The average molecular weight is 292 g/mol. The lowest BCUT2D eigenvalue weighted by molar-refractivity contribution is -0.174. The first-order valence-electron chi connectivity index (χ1n) is 8.74. The molecule has 5 aliphatic carbocycles. The lowest BCUT2D eigenvalue weighted by Crippen LogP contribution is -2.64. The van der Waals surface area contributed by atoms with Gasteiger partial charge in [-0.3, -0.25) is 4.79 Å². The third kappa shape index (κ3) is 2.50. The van der Waals surface area contributed by atoms with Gasteiger partial charge in [0.25, 0.3) is 0 Å². The summed E-state index contributed by atoms with van der Waals surface area (Å²) in [4.78, 5) is 12.4. The Bertz CT molecular complexity index is 432. The van der Waals surface area contributed by atoms with E-state index in [1.807, 2.05) is 0 Å². The Labute approximate surface area is 126 Å². The number of hydrogen-bond acceptors (Lipinski definition) is 3. The topological polar surface area (TPSA) is 75.4 Å². The zero-order chi connectivity index (χ0) is 14.7. The summed E-state index contributed by atoms with van der Waals surface area (Å²) in [5.41, 5.74) is 5.72. The van der Waals surface area contributed by atoms with Crippen LogP contribution in [0, 0.1) is 23.2 Å². The van der Waals surface area contributed by atoms with Gasteiger partial charge < -0.3 is 16.2 Å². The summed E-state index contributed by atoms with van der Waals surface area (Å²) in [5.74, 6) is 2.02. The van der Waals surface area contributed by atoms with E-state index >= 15 is 0 Å². The van der Waals surface area contributed by atoms with Crippen LogP contribution in [0.15, 0.2) is 0 Å². The van der Waals surface area contributed by atoms with Crippen LogP contribution in [0.5, 0.6) is 0 Å². The molecule has 118 valence electrons. The number of hydrogen-bond donors (Lipinski definition) is 3. The van der Waals surface area contributed by atoms with E-state index < -0.39 is 11.6 Å². The molecular formula is C17H28N2O2. The van der Waals surface area contributed by atoms with Crippen LogP contribution >= 0.6 is 0 Å². The predicted molar refractivity (Wildman–Crippen MR) is 80.4 cm³/mol. The SMILES string of the molecule is N[C@H](C(=O)NCCC1CC1)C12CC3CC(CC(O)(C3)C1)C2. The third-order valence-electron chi connectivity index (χ3n) is 6.57. The molecule has 0 spiro atoms. The summed E-state index contributed by atoms with van der Waals surface area (Å²) in [5, 5.41) is 13.8. The van der Waals surface area contributed by atoms with Gasteiger partial charge >= 0.3 is 0 Å². The number of aliphatic hydroxyl groups is 1. The van der Waals surface area contributed by atoms with Crippen molar-refractivity contribution in [1.29, 1.82) is 0 Å². The van der Waals surface area contributed by atoms with Gasteiger partial charge in [-0.05, 0) is 68.1 Å². The van der Waals surface area contributed by atoms with Crippen LogP contribution < -0.4 is 11.1 Å². The van der Waals surface area contributed by atoms with Crippen LogP contribution in [0.2, 0.25) is 0 Å². The highest BCUT2D eigenvalue weighted by atomic mass is 16.3. The summed E-state index contributed by atoms with van der Waals surface area (Å²) < 4.78 is 0. The van der Waals surface area contributed by atoms with Crippen molar-refractivity contribution in [3.05, 3.63) is 0 Å². The first kappa shape index (κ1) is 14.0. The van der Waals surface area contributed by atoms with Crippen LogP contribution in [0.25, 0.3) is 0 Å². The molecule has 4 bridgehead atoms. The Morgan fingerprint density at radius 3 is 2.48 bits per heavy atom. The second kappa shape index (κ2) is 4.69. The van der Waals surface area contributed by atoms with Gasteiger partial charge in [-0.25, -0.2) is 0 Å². The minimum atomic E-state index is -0.532. The van der Waals surface area contributed by atoms with Crippen LogP contribution in [-0.4, -0.2) is 29.2 Å². The zero-order valence-corrected chi connectivity index (χ0v) is 12.8. The molecule has 21 heavy (non-hydrogen) atoms. The second-order valence-corrected chi connectivity index (χ2v) is 8.55. The highest BCUT2D eigenvalue weighted by Gasteiger charge is 2.60. The van der Waals surface area contributed by atoms with Gasteiger partial charge in [0, 0.05) is 6.54 Å². The van der Waals surface area contributed by atoms with E-state index in [9.17, 15) is 9.90 Å². The quantitative estimate of drug-likeness (QED) is 0.720. The molecule has 0 heterocycles. The first-order valence-corrected chi connectivity index (χ1v) is 8.74. The number of nitrogens with one attached hydrogen (secondary N) is 1. The van der Waals surface area contributed by atoms with Gasteiger partial charge in [0.15, 0.2) is 0 Å². The van der Waals surface area contributed by atoms with Crippen LogP contribution in [0.4, 0.5) is 0 Å². The van der Waals surface area contributed by atoms with Crippen molar-refractivity contribution in [3.8, 4) is 0 Å². The fraction of sp³-hybridized carbons (Fsp3) is 0.941. The minimum Gasteiger partial charge on any atom is -0.390 e. The Morgan fingerprint density at radius 2 is 1.90 bits per heavy atom. The fourth-order valence-electron chi connectivity index (χ4n) is 5.84. The van der Waals surface area contributed by atoms with Gasteiger partial charge in [-0.1, -0.05) is 12.8 Å². The molecule has 2 unspecified atom stereocenters. The minimum absolute atomic E-state index is 0.0150. The van der Waals surface area contributed by atoms with Crippen LogP contribution in [-0.2, 0) is 4.79 Å². The molecule has 0 aromatic carbocycles. The molecule has 1 amide bonds. The molecule has 5 aliphatic rings. The van der Waals surface area contributed by atoms with Gasteiger partial charge in [0.2, 0.25) is 5.91 Å². The standard InChI is InChI=1S/C17H28N2O2/c18-14(15(20)19-4-3-11-1-2-11)16-6-12-5-13(7-16)9-17(21,8-12)10-16/h11-14,21H,1-10,18H2,(H,19,20)/t12?,13?,14-,16?,17?/m1/s1. The van der Waals surface area contributed by atoms with E-state index in [0.29, 0.717) is 11.8 Å². The molecule has 0 aromatic rings. The molecule has 4 heteroatoms. The molecular weight excluding hydrogens is 264 g/mol. The fourth-order valence-corrected chi connectivity index (χ4v) is 5.84. The summed E-state index contributed by atoms with van der Waals surface area (Å²) in [6.45, 7) is 0.768. The predicted octanol–water partition coefficient (Wildman–Crippen LogP) is 1.56. The number of carbonyl (C=O) groups is 1. The molecule has 5 rings (SSSR count). The van der Waals surface area contributed by atoms with Crippen molar-refractivity contribution in [2.45, 2.75) is 69.4 Å². The Balaban J connectivity index is 1.42. The molecule has 5 saturated carbocycles. The monoisotopic (exact) mass is 292 g/mol. The van der Waals surface area contributed by atoms with E-state index in [4.69, 9.17) is 5.73 Å². The molecule has 0 aliphatic heterocycles. The number of rotatable bonds is 5. The van der Waals surface area contributed by atoms with E-state index in [1.54, 1.807) is 0 Å². The van der Waals surface area contributed by atoms with Gasteiger partial charge in [0.05, 0.1) is 11.6 Å². The average Bonchev–Trinajstić information content (AvgIpc) is 3.18. The van der Waals surface area contributed by atoms with E-state index in [0.717, 1.165) is 51.0 Å². The molecule has 3 atom stereocenters. The van der Waals surface area contributed by atoms with Crippen molar-refractivity contribution in [3.63, 3.8) is 0 Å². The number of amides is 1. The normalized spacial score (nSPS) is 45.6. The number of nitrogens with two attached hydrogens (primary N) is 1. The van der Waals surface area contributed by atoms with Gasteiger partial charge in [0.1, 0.15) is 0 Å². The van der Waals surface area contributed by atoms with Crippen LogP contribution in [0.3, 0.4) is 0 Å². The van der Waals surface area contributed by atoms with E-state index in [2.05, 4.69) is 5.32 Å².